The zero-order chi connectivity index (χ0) is 22.5. The first-order valence-electron chi connectivity index (χ1n) is 10.6. The summed E-state index contributed by atoms with van der Waals surface area (Å²) >= 11 is 1.51. The Morgan fingerprint density at radius 3 is 2.59 bits per heavy atom. The van der Waals surface area contributed by atoms with Gasteiger partial charge in [-0.3, -0.25) is 4.79 Å². The van der Waals surface area contributed by atoms with Crippen molar-refractivity contribution in [1.82, 2.24) is 9.88 Å². The van der Waals surface area contributed by atoms with Gasteiger partial charge in [-0.25, -0.2) is 13.8 Å². The summed E-state index contributed by atoms with van der Waals surface area (Å²) in [7, 11) is 0. The van der Waals surface area contributed by atoms with E-state index in [9.17, 15) is 13.6 Å². The molecule has 2 heterocycles. The van der Waals surface area contributed by atoms with Gasteiger partial charge in [0.1, 0.15) is 22.7 Å². The Labute approximate surface area is 189 Å². The molecule has 1 aliphatic heterocycles. The highest BCUT2D eigenvalue weighted by Crippen LogP contribution is 2.27. The molecule has 1 saturated heterocycles. The van der Waals surface area contributed by atoms with Crippen molar-refractivity contribution in [3.05, 3.63) is 65.2 Å². The Hall–Kier alpha value is -3.00. The monoisotopic (exact) mass is 458 g/mol. The first kappa shape index (κ1) is 22.2. The molecule has 0 unspecified atom stereocenters. The SMILES string of the molecule is CCOc1ccc(-c2nc(CC(=O)N3CCC(Oc4ccc(F)cc4F)CC3)cs2)cc1. The Bertz CT molecular complexity index is 1060. The summed E-state index contributed by atoms with van der Waals surface area (Å²) in [4.78, 5) is 19.1. The number of hydrogen-bond acceptors (Lipinski definition) is 5. The first-order chi connectivity index (χ1) is 15.5. The fraction of sp³-hybridized carbons (Fsp3) is 0.333. The fourth-order valence-electron chi connectivity index (χ4n) is 3.62. The van der Waals surface area contributed by atoms with Crippen LogP contribution < -0.4 is 9.47 Å². The van der Waals surface area contributed by atoms with Gasteiger partial charge in [-0.1, -0.05) is 0 Å². The van der Waals surface area contributed by atoms with Crippen LogP contribution in [-0.4, -0.2) is 41.6 Å². The lowest BCUT2D eigenvalue weighted by Gasteiger charge is -2.32. The van der Waals surface area contributed by atoms with Crippen molar-refractivity contribution in [3.8, 4) is 22.1 Å². The molecule has 0 N–H and O–H groups in total. The van der Waals surface area contributed by atoms with Gasteiger partial charge >= 0.3 is 0 Å². The van der Waals surface area contributed by atoms with Crippen molar-refractivity contribution >= 4 is 17.2 Å². The topological polar surface area (TPSA) is 51.7 Å². The van der Waals surface area contributed by atoms with Crippen molar-refractivity contribution in [2.45, 2.75) is 32.3 Å². The molecule has 4 rings (SSSR count). The van der Waals surface area contributed by atoms with Gasteiger partial charge in [0.05, 0.1) is 18.7 Å². The third-order valence-electron chi connectivity index (χ3n) is 5.28. The molecular weight excluding hydrogens is 434 g/mol. The van der Waals surface area contributed by atoms with Crippen molar-refractivity contribution in [1.29, 1.82) is 0 Å². The van der Waals surface area contributed by atoms with Gasteiger partial charge in [0, 0.05) is 42.9 Å². The second-order valence-corrected chi connectivity index (χ2v) is 8.41. The summed E-state index contributed by atoms with van der Waals surface area (Å²) in [6.45, 7) is 3.62. The van der Waals surface area contributed by atoms with Gasteiger partial charge in [0.2, 0.25) is 5.91 Å². The van der Waals surface area contributed by atoms with Crippen LogP contribution in [0.5, 0.6) is 11.5 Å². The molecule has 0 radical (unpaired) electrons. The number of ether oxygens (including phenoxy) is 2. The zero-order valence-electron chi connectivity index (χ0n) is 17.7. The zero-order valence-corrected chi connectivity index (χ0v) is 18.5. The molecule has 1 fully saturated rings. The van der Waals surface area contributed by atoms with E-state index in [1.165, 1.54) is 23.5 Å². The number of piperidine rings is 1. The molecule has 168 valence electrons. The van der Waals surface area contributed by atoms with E-state index in [0.717, 1.165) is 28.1 Å². The second kappa shape index (κ2) is 10.1. The van der Waals surface area contributed by atoms with Crippen LogP contribution in [0.4, 0.5) is 8.78 Å². The van der Waals surface area contributed by atoms with Crippen LogP contribution in [0.2, 0.25) is 0 Å². The molecule has 0 aliphatic carbocycles. The number of benzene rings is 2. The number of aromatic nitrogens is 1. The maximum absolute atomic E-state index is 13.8. The quantitative estimate of drug-likeness (QED) is 0.494. The molecule has 1 aromatic heterocycles. The Kier molecular flexibility index (Phi) is 6.99. The van der Waals surface area contributed by atoms with Crippen molar-refractivity contribution in [2.24, 2.45) is 0 Å². The number of carbonyl (C=O) groups excluding carboxylic acids is 1. The van der Waals surface area contributed by atoms with Crippen LogP contribution >= 0.6 is 11.3 Å². The van der Waals surface area contributed by atoms with Crippen molar-refractivity contribution in [3.63, 3.8) is 0 Å². The van der Waals surface area contributed by atoms with Crippen molar-refractivity contribution in [2.75, 3.05) is 19.7 Å². The summed E-state index contributed by atoms with van der Waals surface area (Å²) < 4.78 is 38.0. The van der Waals surface area contributed by atoms with E-state index in [1.54, 1.807) is 4.90 Å². The summed E-state index contributed by atoms with van der Waals surface area (Å²) in [6.07, 6.45) is 1.23. The largest absolute Gasteiger partial charge is 0.494 e. The number of halogens is 2. The smallest absolute Gasteiger partial charge is 0.228 e. The third-order valence-corrected chi connectivity index (χ3v) is 6.22. The third kappa shape index (κ3) is 5.43. The highest BCUT2D eigenvalue weighted by molar-refractivity contribution is 7.13. The highest BCUT2D eigenvalue weighted by atomic mass is 32.1. The van der Waals surface area contributed by atoms with Crippen molar-refractivity contribution < 1.29 is 23.0 Å². The number of hydrogen-bond donors (Lipinski definition) is 0. The number of amides is 1. The van der Waals surface area contributed by atoms with Crippen LogP contribution in [0.1, 0.15) is 25.5 Å². The van der Waals surface area contributed by atoms with Gasteiger partial charge < -0.3 is 14.4 Å². The second-order valence-electron chi connectivity index (χ2n) is 7.55. The number of rotatable bonds is 7. The van der Waals surface area contributed by atoms with E-state index in [4.69, 9.17) is 9.47 Å². The first-order valence-corrected chi connectivity index (χ1v) is 11.5. The van der Waals surface area contributed by atoms with Gasteiger partial charge in [-0.05, 0) is 43.3 Å². The molecule has 2 aromatic carbocycles. The number of likely N-dealkylation sites (tertiary alicyclic amines) is 1. The molecule has 0 spiro atoms. The number of carbonyl (C=O) groups is 1. The Morgan fingerprint density at radius 1 is 1.16 bits per heavy atom. The molecular formula is C24H24F2N2O3S. The standard InChI is InChI=1S/C24H24F2N2O3S/c1-2-30-19-6-3-16(4-7-19)24-27-18(15-32-24)14-23(29)28-11-9-20(10-12-28)31-22-8-5-17(25)13-21(22)26/h3-8,13,15,20H,2,9-12,14H2,1H3. The Morgan fingerprint density at radius 2 is 1.91 bits per heavy atom. The molecule has 1 amide bonds. The van der Waals surface area contributed by atoms with Gasteiger partial charge in [0.15, 0.2) is 11.6 Å². The molecule has 0 atom stereocenters. The summed E-state index contributed by atoms with van der Waals surface area (Å²) in [5.41, 5.74) is 1.73. The molecule has 0 bridgehead atoms. The Balaban J connectivity index is 1.29. The molecule has 0 saturated carbocycles. The van der Waals surface area contributed by atoms with E-state index >= 15 is 0 Å². The maximum Gasteiger partial charge on any atom is 0.228 e. The normalized spacial score (nSPS) is 14.4. The number of nitrogens with zero attached hydrogens (tertiary/aromatic N) is 2. The molecule has 8 heteroatoms. The van der Waals surface area contributed by atoms with Gasteiger partial charge in [-0.15, -0.1) is 11.3 Å². The molecule has 32 heavy (non-hydrogen) atoms. The summed E-state index contributed by atoms with van der Waals surface area (Å²) in [5, 5.41) is 2.78. The van der Waals surface area contributed by atoms with Gasteiger partial charge in [-0.2, -0.15) is 0 Å². The van der Waals surface area contributed by atoms with E-state index in [0.29, 0.717) is 32.5 Å². The van der Waals surface area contributed by atoms with Crippen LogP contribution in [0, 0.1) is 11.6 Å². The lowest BCUT2D eigenvalue weighted by molar-refractivity contribution is -0.132. The lowest BCUT2D eigenvalue weighted by Crippen LogP contribution is -2.42. The highest BCUT2D eigenvalue weighted by Gasteiger charge is 2.25. The lowest BCUT2D eigenvalue weighted by atomic mass is 10.1. The minimum atomic E-state index is -0.713. The minimum Gasteiger partial charge on any atom is -0.494 e. The predicted octanol–water partition coefficient (Wildman–Crippen LogP) is 5.10. The fourth-order valence-corrected chi connectivity index (χ4v) is 4.45. The average molecular weight is 459 g/mol. The maximum atomic E-state index is 13.8. The molecule has 1 aliphatic rings. The van der Waals surface area contributed by atoms with E-state index < -0.39 is 11.6 Å². The summed E-state index contributed by atoms with van der Waals surface area (Å²) in [6, 6.07) is 11.0. The molecule has 5 nitrogen and oxygen atoms in total. The molecule has 3 aromatic rings. The summed E-state index contributed by atoms with van der Waals surface area (Å²) in [5.74, 6) is -0.475. The van der Waals surface area contributed by atoms with Gasteiger partial charge in [0.25, 0.3) is 0 Å². The van der Waals surface area contributed by atoms with Crippen LogP contribution in [0.15, 0.2) is 47.8 Å². The van der Waals surface area contributed by atoms with E-state index in [2.05, 4.69) is 4.98 Å². The number of thiazole rings is 1. The van der Waals surface area contributed by atoms with Crippen LogP contribution in [0.3, 0.4) is 0 Å². The minimum absolute atomic E-state index is 0.0138. The van der Waals surface area contributed by atoms with E-state index in [-0.39, 0.29) is 24.2 Å². The van der Waals surface area contributed by atoms with Crippen LogP contribution in [0.25, 0.3) is 10.6 Å². The average Bonchev–Trinajstić information content (AvgIpc) is 3.25. The van der Waals surface area contributed by atoms with Crippen LogP contribution in [-0.2, 0) is 11.2 Å². The predicted molar refractivity (Wildman–Crippen MR) is 119 cm³/mol. The van der Waals surface area contributed by atoms with E-state index in [1.807, 2.05) is 36.6 Å².